The summed E-state index contributed by atoms with van der Waals surface area (Å²) in [5.41, 5.74) is 0. The zero-order valence-electron chi connectivity index (χ0n) is 3.39. The SMILES string of the molecule is S=[N+]1CCCO1. The Kier molecular flexibility index (Phi) is 1.01. The first-order valence-electron chi connectivity index (χ1n) is 1.97. The molecule has 1 aliphatic heterocycles. The molecule has 0 radical (unpaired) electrons. The molecule has 0 saturated carbocycles. The number of rotatable bonds is 0. The second-order valence-electron chi connectivity index (χ2n) is 1.24. The summed E-state index contributed by atoms with van der Waals surface area (Å²) in [4.78, 5) is 4.80. The van der Waals surface area contributed by atoms with Gasteiger partial charge >= 0.3 is 12.4 Å². The smallest absolute Gasteiger partial charge is 0.262 e. The molecule has 0 amide bonds. The normalized spacial score (nSPS) is 21.0. The lowest BCUT2D eigenvalue weighted by Gasteiger charge is -1.74. The molecule has 0 atom stereocenters. The van der Waals surface area contributed by atoms with E-state index in [0.29, 0.717) is 0 Å². The highest BCUT2D eigenvalue weighted by Crippen LogP contribution is 1.93. The van der Waals surface area contributed by atoms with Crippen LogP contribution in [0, 0.1) is 0 Å². The van der Waals surface area contributed by atoms with Gasteiger partial charge in [0.05, 0.1) is 10.5 Å². The molecular formula is C3H6NOS+. The van der Waals surface area contributed by atoms with Gasteiger partial charge in [-0.1, -0.05) is 0 Å². The number of nitrogens with zero attached hydrogens (tertiary/aromatic N) is 1. The molecule has 1 heterocycles. The molecule has 1 rings (SSSR count). The first-order chi connectivity index (χ1) is 2.89. The van der Waals surface area contributed by atoms with Crippen LogP contribution in [0.4, 0.5) is 0 Å². The molecule has 1 saturated heterocycles. The zero-order chi connectivity index (χ0) is 4.41. The molecule has 0 aromatic heterocycles. The van der Waals surface area contributed by atoms with Crippen LogP contribution >= 0.6 is 0 Å². The van der Waals surface area contributed by atoms with Gasteiger partial charge in [0.25, 0.3) is 0 Å². The van der Waals surface area contributed by atoms with Crippen molar-refractivity contribution >= 4 is 12.4 Å². The van der Waals surface area contributed by atoms with E-state index in [-0.39, 0.29) is 0 Å². The zero-order valence-corrected chi connectivity index (χ0v) is 4.20. The topological polar surface area (TPSA) is 12.2 Å². The molecule has 3 heteroatoms. The van der Waals surface area contributed by atoms with E-state index in [2.05, 4.69) is 12.4 Å². The van der Waals surface area contributed by atoms with Gasteiger partial charge in [0, 0.05) is 0 Å². The lowest BCUT2D eigenvalue weighted by Crippen LogP contribution is -1.95. The molecule has 2 nitrogen and oxygen atoms in total. The Morgan fingerprint density at radius 2 is 2.50 bits per heavy atom. The highest BCUT2D eigenvalue weighted by molar-refractivity contribution is 7.44. The van der Waals surface area contributed by atoms with E-state index in [9.17, 15) is 0 Å². The maximum Gasteiger partial charge on any atom is 0.320 e. The summed E-state index contributed by atoms with van der Waals surface area (Å²) >= 11 is 4.61. The van der Waals surface area contributed by atoms with E-state index >= 15 is 0 Å². The molecule has 0 spiro atoms. The van der Waals surface area contributed by atoms with Crippen LogP contribution in [0.3, 0.4) is 0 Å². The second-order valence-corrected chi connectivity index (χ2v) is 1.65. The fourth-order valence-electron chi connectivity index (χ4n) is 0.425. The number of hydroxylamine groups is 1. The third kappa shape index (κ3) is 0.653. The quantitative estimate of drug-likeness (QED) is 0.403. The summed E-state index contributed by atoms with van der Waals surface area (Å²) in [7, 11) is 0. The Hall–Kier alpha value is -0.180. The van der Waals surface area contributed by atoms with Crippen LogP contribution in [0.2, 0.25) is 0 Å². The Labute approximate surface area is 41.8 Å². The van der Waals surface area contributed by atoms with Gasteiger partial charge in [0.1, 0.15) is 0 Å². The number of hydrogen-bond donors (Lipinski definition) is 0. The van der Waals surface area contributed by atoms with E-state index in [1.54, 1.807) is 0 Å². The van der Waals surface area contributed by atoms with Crippen molar-refractivity contribution in [3.05, 3.63) is 0 Å². The van der Waals surface area contributed by atoms with Crippen molar-refractivity contribution in [2.45, 2.75) is 6.42 Å². The van der Waals surface area contributed by atoms with Crippen molar-refractivity contribution in [1.29, 1.82) is 0 Å². The summed E-state index contributed by atoms with van der Waals surface area (Å²) in [5.74, 6) is 0. The molecule has 0 aliphatic carbocycles. The fraction of sp³-hybridized carbons (Fsp3) is 1.00. The van der Waals surface area contributed by atoms with Gasteiger partial charge in [0.2, 0.25) is 6.54 Å². The molecule has 34 valence electrons. The highest BCUT2D eigenvalue weighted by Gasteiger charge is 2.12. The van der Waals surface area contributed by atoms with Gasteiger partial charge < -0.3 is 0 Å². The second kappa shape index (κ2) is 1.51. The van der Waals surface area contributed by atoms with E-state index in [1.807, 2.05) is 0 Å². The molecule has 0 aromatic carbocycles. The van der Waals surface area contributed by atoms with Crippen LogP contribution in [0.1, 0.15) is 6.42 Å². The third-order valence-electron chi connectivity index (χ3n) is 0.720. The van der Waals surface area contributed by atoms with Crippen molar-refractivity contribution in [1.82, 2.24) is 0 Å². The van der Waals surface area contributed by atoms with E-state index in [4.69, 9.17) is 4.84 Å². The van der Waals surface area contributed by atoms with Crippen molar-refractivity contribution < 1.29 is 8.95 Å². The highest BCUT2D eigenvalue weighted by atomic mass is 32.1. The Bertz CT molecular complexity index is 65.2. The lowest BCUT2D eigenvalue weighted by atomic mass is 10.5. The number of hydrogen-bond acceptors (Lipinski definition) is 2. The molecule has 0 bridgehead atoms. The largest absolute Gasteiger partial charge is 0.320 e. The van der Waals surface area contributed by atoms with Gasteiger partial charge in [-0.05, 0) is 0 Å². The minimum absolute atomic E-state index is 0.809. The average molecular weight is 104 g/mol. The van der Waals surface area contributed by atoms with Crippen LogP contribution in [0.5, 0.6) is 0 Å². The maximum absolute atomic E-state index is 4.80. The van der Waals surface area contributed by atoms with Gasteiger partial charge in [0.15, 0.2) is 6.61 Å². The van der Waals surface area contributed by atoms with Gasteiger partial charge in [-0.2, -0.15) is 0 Å². The summed E-state index contributed by atoms with van der Waals surface area (Å²) in [6.07, 6.45) is 1.09. The monoisotopic (exact) mass is 104 g/mol. The predicted octanol–water partition coefficient (Wildman–Crippen LogP) is 0.0647. The van der Waals surface area contributed by atoms with Gasteiger partial charge in [-0.25, -0.2) is 0 Å². The van der Waals surface area contributed by atoms with Gasteiger partial charge in [-0.3, -0.25) is 4.84 Å². The summed E-state index contributed by atoms with van der Waals surface area (Å²) in [6, 6.07) is 0. The predicted molar refractivity (Wildman–Crippen MR) is 23.1 cm³/mol. The Morgan fingerprint density at radius 3 is 2.67 bits per heavy atom. The van der Waals surface area contributed by atoms with Crippen molar-refractivity contribution in [2.24, 2.45) is 0 Å². The molecule has 1 aliphatic rings. The van der Waals surface area contributed by atoms with Crippen LogP contribution in [0.15, 0.2) is 0 Å². The third-order valence-corrected chi connectivity index (χ3v) is 1.01. The molecule has 1 fully saturated rings. The Balaban J connectivity index is 2.37. The fourth-order valence-corrected chi connectivity index (χ4v) is 0.628. The van der Waals surface area contributed by atoms with E-state index in [0.717, 1.165) is 19.6 Å². The van der Waals surface area contributed by atoms with Crippen LogP contribution in [-0.2, 0) is 17.3 Å². The minimum atomic E-state index is 0.809. The first-order valence-corrected chi connectivity index (χ1v) is 2.34. The van der Waals surface area contributed by atoms with Crippen molar-refractivity contribution in [2.75, 3.05) is 13.2 Å². The molecule has 6 heavy (non-hydrogen) atoms. The summed E-state index contributed by atoms with van der Waals surface area (Å²) in [6.45, 7) is 1.72. The molecular weight excluding hydrogens is 98.1 g/mol. The van der Waals surface area contributed by atoms with Crippen LogP contribution in [0.25, 0.3) is 0 Å². The molecule has 0 N–H and O–H groups in total. The summed E-state index contributed by atoms with van der Waals surface area (Å²) < 4.78 is 1.44. The lowest BCUT2D eigenvalue weighted by molar-refractivity contribution is -0.740. The standard InChI is InChI=1S/C3H6NOS/c6-4-2-1-3-5-4/h1-3H2/q+1. The molecule has 0 unspecified atom stereocenters. The van der Waals surface area contributed by atoms with E-state index in [1.165, 1.54) is 4.11 Å². The van der Waals surface area contributed by atoms with Crippen LogP contribution < -0.4 is 0 Å². The van der Waals surface area contributed by atoms with Gasteiger partial charge in [-0.15, -0.1) is 0 Å². The Morgan fingerprint density at radius 1 is 1.67 bits per heavy atom. The van der Waals surface area contributed by atoms with Crippen molar-refractivity contribution in [3.8, 4) is 0 Å². The van der Waals surface area contributed by atoms with E-state index < -0.39 is 0 Å². The summed E-state index contributed by atoms with van der Waals surface area (Å²) in [5, 5.41) is 0. The molecule has 0 aromatic rings. The first kappa shape index (κ1) is 3.99. The van der Waals surface area contributed by atoms with Crippen molar-refractivity contribution in [3.63, 3.8) is 0 Å². The maximum atomic E-state index is 4.80. The average Bonchev–Trinajstić information content (AvgIpc) is 1.86. The minimum Gasteiger partial charge on any atom is -0.262 e. The van der Waals surface area contributed by atoms with Crippen LogP contribution in [-0.4, -0.2) is 17.3 Å².